The van der Waals surface area contributed by atoms with Gasteiger partial charge in [-0.2, -0.15) is 0 Å². The van der Waals surface area contributed by atoms with Crippen molar-refractivity contribution in [1.82, 2.24) is 19.9 Å². The zero-order chi connectivity index (χ0) is 11.7. The second kappa shape index (κ2) is 4.25. The monoisotopic (exact) mass is 240 g/mol. The summed E-state index contributed by atoms with van der Waals surface area (Å²) in [5.74, 6) is 1.90. The standard InChI is InChI=1S/C10H13ClN4O/c1-6-10(8(3)16-14-6)7(2)15-5-12-13-9(15)4-11/h5,7H,4H2,1-3H3. The van der Waals surface area contributed by atoms with Crippen LogP contribution in [0.3, 0.4) is 0 Å². The molecule has 0 N–H and O–H groups in total. The highest BCUT2D eigenvalue weighted by atomic mass is 35.5. The van der Waals surface area contributed by atoms with Crippen molar-refractivity contribution in [3.63, 3.8) is 0 Å². The van der Waals surface area contributed by atoms with Gasteiger partial charge >= 0.3 is 0 Å². The van der Waals surface area contributed by atoms with Crippen LogP contribution in [0.5, 0.6) is 0 Å². The smallest absolute Gasteiger partial charge is 0.148 e. The van der Waals surface area contributed by atoms with Gasteiger partial charge in [0.25, 0.3) is 0 Å². The number of rotatable bonds is 3. The summed E-state index contributed by atoms with van der Waals surface area (Å²) in [6, 6.07) is 0.0787. The van der Waals surface area contributed by atoms with Crippen molar-refractivity contribution in [2.45, 2.75) is 32.7 Å². The maximum Gasteiger partial charge on any atom is 0.148 e. The van der Waals surface area contributed by atoms with Gasteiger partial charge in [-0.3, -0.25) is 0 Å². The van der Waals surface area contributed by atoms with E-state index in [1.807, 2.05) is 25.3 Å². The van der Waals surface area contributed by atoms with E-state index in [9.17, 15) is 0 Å². The van der Waals surface area contributed by atoms with Crippen molar-refractivity contribution >= 4 is 11.6 Å². The maximum absolute atomic E-state index is 5.80. The quantitative estimate of drug-likeness (QED) is 0.772. The Kier molecular flexibility index (Phi) is 2.96. The Balaban J connectivity index is 2.43. The molecule has 1 unspecified atom stereocenters. The third-order valence-corrected chi connectivity index (χ3v) is 2.93. The first kappa shape index (κ1) is 11.1. The molecule has 0 spiro atoms. The highest BCUT2D eigenvalue weighted by Crippen LogP contribution is 2.25. The minimum absolute atomic E-state index is 0.0787. The molecule has 6 heteroatoms. The fourth-order valence-corrected chi connectivity index (χ4v) is 2.10. The number of halogens is 1. The number of alkyl halides is 1. The minimum atomic E-state index is 0.0787. The molecule has 0 bridgehead atoms. The van der Waals surface area contributed by atoms with Gasteiger partial charge in [-0.1, -0.05) is 5.16 Å². The van der Waals surface area contributed by atoms with Crippen LogP contribution in [0.25, 0.3) is 0 Å². The van der Waals surface area contributed by atoms with E-state index in [-0.39, 0.29) is 6.04 Å². The Morgan fingerprint density at radius 3 is 2.81 bits per heavy atom. The van der Waals surface area contributed by atoms with E-state index in [0.29, 0.717) is 5.88 Å². The van der Waals surface area contributed by atoms with E-state index in [2.05, 4.69) is 15.4 Å². The summed E-state index contributed by atoms with van der Waals surface area (Å²) >= 11 is 5.80. The number of hydrogen-bond donors (Lipinski definition) is 0. The highest BCUT2D eigenvalue weighted by Gasteiger charge is 2.19. The van der Waals surface area contributed by atoms with E-state index >= 15 is 0 Å². The van der Waals surface area contributed by atoms with E-state index in [0.717, 1.165) is 22.8 Å². The largest absolute Gasteiger partial charge is 0.361 e. The fraction of sp³-hybridized carbons (Fsp3) is 0.500. The lowest BCUT2D eigenvalue weighted by atomic mass is 10.1. The first-order chi connectivity index (χ1) is 7.65. The van der Waals surface area contributed by atoms with Crippen LogP contribution in [0.2, 0.25) is 0 Å². The van der Waals surface area contributed by atoms with Crippen LogP contribution in [0.4, 0.5) is 0 Å². The van der Waals surface area contributed by atoms with Crippen molar-refractivity contribution in [2.75, 3.05) is 0 Å². The molecule has 0 amide bonds. The molecule has 0 aliphatic carbocycles. The van der Waals surface area contributed by atoms with Gasteiger partial charge in [-0.05, 0) is 20.8 Å². The Morgan fingerprint density at radius 2 is 2.25 bits per heavy atom. The lowest BCUT2D eigenvalue weighted by Gasteiger charge is -2.14. The van der Waals surface area contributed by atoms with Crippen LogP contribution in [-0.4, -0.2) is 19.9 Å². The number of aryl methyl sites for hydroxylation is 2. The summed E-state index contributed by atoms with van der Waals surface area (Å²) in [4.78, 5) is 0. The van der Waals surface area contributed by atoms with Gasteiger partial charge in [0.05, 0.1) is 17.6 Å². The minimum Gasteiger partial charge on any atom is -0.361 e. The summed E-state index contributed by atoms with van der Waals surface area (Å²) in [6.07, 6.45) is 1.67. The normalized spacial score (nSPS) is 13.0. The number of hydrogen-bond acceptors (Lipinski definition) is 4. The number of aromatic nitrogens is 4. The van der Waals surface area contributed by atoms with E-state index < -0.39 is 0 Å². The average molecular weight is 241 g/mol. The molecule has 0 aromatic carbocycles. The van der Waals surface area contributed by atoms with Crippen molar-refractivity contribution in [3.05, 3.63) is 29.2 Å². The van der Waals surface area contributed by atoms with Crippen molar-refractivity contribution in [1.29, 1.82) is 0 Å². The summed E-state index contributed by atoms with van der Waals surface area (Å²) in [5, 5.41) is 11.8. The van der Waals surface area contributed by atoms with Gasteiger partial charge in [0, 0.05) is 5.56 Å². The summed E-state index contributed by atoms with van der Waals surface area (Å²) in [5.41, 5.74) is 1.95. The third kappa shape index (κ3) is 1.71. The van der Waals surface area contributed by atoms with E-state index in [1.165, 1.54) is 0 Å². The van der Waals surface area contributed by atoms with Crippen molar-refractivity contribution in [3.8, 4) is 0 Å². The fourth-order valence-electron chi connectivity index (χ4n) is 1.91. The van der Waals surface area contributed by atoms with Crippen LogP contribution < -0.4 is 0 Å². The Morgan fingerprint density at radius 1 is 1.50 bits per heavy atom. The average Bonchev–Trinajstić information content (AvgIpc) is 2.85. The van der Waals surface area contributed by atoms with Gasteiger partial charge < -0.3 is 9.09 Å². The van der Waals surface area contributed by atoms with E-state index in [4.69, 9.17) is 16.1 Å². The molecule has 2 heterocycles. The van der Waals surface area contributed by atoms with Crippen LogP contribution in [-0.2, 0) is 5.88 Å². The molecule has 16 heavy (non-hydrogen) atoms. The Labute approximate surface area is 98.4 Å². The number of nitrogens with zero attached hydrogens (tertiary/aromatic N) is 4. The molecule has 86 valence electrons. The second-order valence-electron chi connectivity index (χ2n) is 3.70. The predicted octanol–water partition coefficient (Wildman–Crippen LogP) is 2.23. The molecule has 0 fully saturated rings. The lowest BCUT2D eigenvalue weighted by Crippen LogP contribution is -2.10. The van der Waals surface area contributed by atoms with Gasteiger partial charge in [0.2, 0.25) is 0 Å². The lowest BCUT2D eigenvalue weighted by molar-refractivity contribution is 0.391. The van der Waals surface area contributed by atoms with E-state index in [1.54, 1.807) is 6.33 Å². The SMILES string of the molecule is Cc1noc(C)c1C(C)n1cnnc1CCl. The molecule has 2 aromatic rings. The third-order valence-electron chi connectivity index (χ3n) is 2.69. The molecular formula is C10H13ClN4O. The molecule has 0 radical (unpaired) electrons. The second-order valence-corrected chi connectivity index (χ2v) is 3.97. The van der Waals surface area contributed by atoms with Crippen LogP contribution in [0.1, 0.15) is 35.8 Å². The molecule has 2 aromatic heterocycles. The highest BCUT2D eigenvalue weighted by molar-refractivity contribution is 6.16. The van der Waals surface area contributed by atoms with Crippen LogP contribution >= 0.6 is 11.6 Å². The molecular weight excluding hydrogens is 228 g/mol. The summed E-state index contributed by atoms with van der Waals surface area (Å²) in [7, 11) is 0. The zero-order valence-corrected chi connectivity index (χ0v) is 10.2. The van der Waals surface area contributed by atoms with Gasteiger partial charge in [-0.25, -0.2) is 0 Å². The van der Waals surface area contributed by atoms with Gasteiger partial charge in [0.15, 0.2) is 0 Å². The molecule has 0 saturated carbocycles. The van der Waals surface area contributed by atoms with Gasteiger partial charge in [0.1, 0.15) is 17.9 Å². The van der Waals surface area contributed by atoms with Gasteiger partial charge in [-0.15, -0.1) is 21.8 Å². The van der Waals surface area contributed by atoms with Crippen LogP contribution in [0.15, 0.2) is 10.9 Å². The molecule has 0 saturated heterocycles. The van der Waals surface area contributed by atoms with Crippen LogP contribution in [0, 0.1) is 13.8 Å². The Bertz CT molecular complexity index is 471. The topological polar surface area (TPSA) is 56.7 Å². The molecule has 5 nitrogen and oxygen atoms in total. The molecule has 1 atom stereocenters. The molecule has 2 rings (SSSR count). The van der Waals surface area contributed by atoms with Crippen molar-refractivity contribution < 1.29 is 4.52 Å². The first-order valence-corrected chi connectivity index (χ1v) is 5.55. The Hall–Kier alpha value is -1.36. The molecule has 0 aliphatic rings. The van der Waals surface area contributed by atoms with Crippen molar-refractivity contribution in [2.24, 2.45) is 0 Å². The summed E-state index contributed by atoms with van der Waals surface area (Å²) in [6.45, 7) is 5.87. The maximum atomic E-state index is 5.80. The molecule has 0 aliphatic heterocycles. The predicted molar refractivity (Wildman–Crippen MR) is 59.4 cm³/mol. The zero-order valence-electron chi connectivity index (χ0n) is 9.44. The first-order valence-electron chi connectivity index (χ1n) is 5.02. The summed E-state index contributed by atoms with van der Waals surface area (Å²) < 4.78 is 7.08.